The van der Waals surface area contributed by atoms with Crippen LogP contribution in [0.15, 0.2) is 0 Å². The molecular formula is C11H25NO3. The molecule has 0 rings (SSSR count). The largest absolute Gasteiger partial charge is 0.394 e. The second kappa shape index (κ2) is 8.05. The van der Waals surface area contributed by atoms with E-state index in [1.807, 2.05) is 11.8 Å². The first-order valence-electron chi connectivity index (χ1n) is 5.76. The van der Waals surface area contributed by atoms with Gasteiger partial charge >= 0.3 is 0 Å². The average molecular weight is 219 g/mol. The normalized spacial score (nSPS) is 17.8. The molecule has 0 spiro atoms. The van der Waals surface area contributed by atoms with Gasteiger partial charge in [0.1, 0.15) is 0 Å². The van der Waals surface area contributed by atoms with Gasteiger partial charge in [-0.1, -0.05) is 13.8 Å². The molecule has 0 aliphatic rings. The SMILES string of the molecule is CCC(O)CN(CC(O)CO)C(C)CC. The summed E-state index contributed by atoms with van der Waals surface area (Å²) in [6, 6.07) is 0.312. The molecule has 0 aliphatic heterocycles. The number of hydrogen-bond acceptors (Lipinski definition) is 4. The van der Waals surface area contributed by atoms with Crippen LogP contribution in [0.1, 0.15) is 33.6 Å². The van der Waals surface area contributed by atoms with E-state index in [2.05, 4.69) is 13.8 Å². The fraction of sp³-hybridized carbons (Fsp3) is 1.00. The van der Waals surface area contributed by atoms with Crippen LogP contribution in [0, 0.1) is 0 Å². The Morgan fingerprint density at radius 3 is 1.93 bits per heavy atom. The van der Waals surface area contributed by atoms with Gasteiger partial charge in [-0.25, -0.2) is 0 Å². The van der Waals surface area contributed by atoms with Crippen molar-refractivity contribution in [2.24, 2.45) is 0 Å². The molecule has 0 heterocycles. The monoisotopic (exact) mass is 219 g/mol. The fourth-order valence-electron chi connectivity index (χ4n) is 1.42. The van der Waals surface area contributed by atoms with Crippen molar-refractivity contribution in [2.45, 2.75) is 51.9 Å². The number of aliphatic hydroxyl groups excluding tert-OH is 3. The molecule has 0 aromatic carbocycles. The van der Waals surface area contributed by atoms with Crippen LogP contribution in [-0.2, 0) is 0 Å². The molecule has 3 atom stereocenters. The van der Waals surface area contributed by atoms with E-state index in [9.17, 15) is 10.2 Å². The molecule has 0 aliphatic carbocycles. The zero-order valence-corrected chi connectivity index (χ0v) is 10.1. The van der Waals surface area contributed by atoms with Crippen molar-refractivity contribution in [3.8, 4) is 0 Å². The van der Waals surface area contributed by atoms with Gasteiger partial charge in [-0.05, 0) is 19.8 Å². The van der Waals surface area contributed by atoms with Crippen LogP contribution < -0.4 is 0 Å². The Labute approximate surface area is 92.5 Å². The van der Waals surface area contributed by atoms with Gasteiger partial charge in [0.25, 0.3) is 0 Å². The van der Waals surface area contributed by atoms with E-state index in [4.69, 9.17) is 5.11 Å². The molecule has 0 saturated carbocycles. The second-order valence-corrected chi connectivity index (χ2v) is 4.11. The summed E-state index contributed by atoms with van der Waals surface area (Å²) in [5.74, 6) is 0. The van der Waals surface area contributed by atoms with E-state index in [0.29, 0.717) is 25.6 Å². The maximum atomic E-state index is 9.57. The highest BCUT2D eigenvalue weighted by Gasteiger charge is 2.18. The van der Waals surface area contributed by atoms with E-state index in [1.165, 1.54) is 0 Å². The summed E-state index contributed by atoms with van der Waals surface area (Å²) in [4.78, 5) is 2.02. The molecule has 3 unspecified atom stereocenters. The Hall–Kier alpha value is -0.160. The summed E-state index contributed by atoms with van der Waals surface area (Å²) < 4.78 is 0. The molecule has 4 nitrogen and oxygen atoms in total. The van der Waals surface area contributed by atoms with Gasteiger partial charge in [-0.2, -0.15) is 0 Å². The van der Waals surface area contributed by atoms with Crippen LogP contribution in [0.2, 0.25) is 0 Å². The third kappa shape index (κ3) is 6.10. The maximum Gasteiger partial charge on any atom is 0.0897 e. The van der Waals surface area contributed by atoms with E-state index in [0.717, 1.165) is 6.42 Å². The van der Waals surface area contributed by atoms with Gasteiger partial charge in [0.15, 0.2) is 0 Å². The van der Waals surface area contributed by atoms with Crippen LogP contribution in [0.5, 0.6) is 0 Å². The zero-order valence-electron chi connectivity index (χ0n) is 10.1. The maximum absolute atomic E-state index is 9.57. The summed E-state index contributed by atoms with van der Waals surface area (Å²) >= 11 is 0. The molecule has 4 heteroatoms. The third-order valence-corrected chi connectivity index (χ3v) is 2.79. The minimum Gasteiger partial charge on any atom is -0.394 e. The molecule has 0 fully saturated rings. The van der Waals surface area contributed by atoms with Gasteiger partial charge in [-0.3, -0.25) is 4.90 Å². The minimum atomic E-state index is -0.719. The summed E-state index contributed by atoms with van der Waals surface area (Å²) in [6.07, 6.45) is 0.601. The number of aliphatic hydroxyl groups is 3. The molecule has 0 radical (unpaired) electrons. The molecule has 0 amide bonds. The Balaban J connectivity index is 4.17. The Bertz CT molecular complexity index is 143. The lowest BCUT2D eigenvalue weighted by atomic mass is 10.1. The molecule has 92 valence electrons. The number of rotatable bonds is 8. The van der Waals surface area contributed by atoms with Gasteiger partial charge in [0.05, 0.1) is 18.8 Å². The van der Waals surface area contributed by atoms with Crippen LogP contribution in [0.4, 0.5) is 0 Å². The molecule has 3 N–H and O–H groups in total. The lowest BCUT2D eigenvalue weighted by Crippen LogP contribution is -2.43. The van der Waals surface area contributed by atoms with Gasteiger partial charge in [0.2, 0.25) is 0 Å². The van der Waals surface area contributed by atoms with Crippen molar-refractivity contribution in [1.29, 1.82) is 0 Å². The lowest BCUT2D eigenvalue weighted by molar-refractivity contribution is 0.0230. The first-order chi connectivity index (χ1) is 7.04. The van der Waals surface area contributed by atoms with Crippen LogP contribution in [0.25, 0.3) is 0 Å². The van der Waals surface area contributed by atoms with Crippen LogP contribution in [-0.4, -0.2) is 58.2 Å². The Morgan fingerprint density at radius 1 is 1.00 bits per heavy atom. The van der Waals surface area contributed by atoms with Crippen LogP contribution in [0.3, 0.4) is 0 Å². The van der Waals surface area contributed by atoms with E-state index in [1.54, 1.807) is 0 Å². The topological polar surface area (TPSA) is 63.9 Å². The van der Waals surface area contributed by atoms with Gasteiger partial charge < -0.3 is 15.3 Å². The molecule has 0 saturated heterocycles. The predicted molar refractivity (Wildman–Crippen MR) is 60.7 cm³/mol. The highest BCUT2D eigenvalue weighted by Crippen LogP contribution is 2.07. The molecular weight excluding hydrogens is 194 g/mol. The van der Waals surface area contributed by atoms with E-state index < -0.39 is 6.10 Å². The van der Waals surface area contributed by atoms with Crippen molar-refractivity contribution < 1.29 is 15.3 Å². The van der Waals surface area contributed by atoms with Crippen molar-refractivity contribution in [1.82, 2.24) is 4.90 Å². The molecule has 0 aromatic heterocycles. The van der Waals surface area contributed by atoms with Crippen molar-refractivity contribution >= 4 is 0 Å². The fourth-order valence-corrected chi connectivity index (χ4v) is 1.42. The summed E-state index contributed by atoms with van der Waals surface area (Å²) in [5, 5.41) is 27.7. The van der Waals surface area contributed by atoms with Crippen molar-refractivity contribution in [2.75, 3.05) is 19.7 Å². The highest BCUT2D eigenvalue weighted by atomic mass is 16.3. The molecule has 0 bridgehead atoms. The standard InChI is InChI=1S/C11H25NO3/c1-4-9(3)12(6-10(14)5-2)7-11(15)8-13/h9-11,13-15H,4-8H2,1-3H3. The summed E-state index contributed by atoms with van der Waals surface area (Å²) in [5.41, 5.74) is 0. The molecule has 15 heavy (non-hydrogen) atoms. The van der Waals surface area contributed by atoms with Gasteiger partial charge in [0, 0.05) is 19.1 Å². The summed E-state index contributed by atoms with van der Waals surface area (Å²) in [6.45, 7) is 6.82. The number of hydrogen-bond donors (Lipinski definition) is 3. The summed E-state index contributed by atoms with van der Waals surface area (Å²) in [7, 11) is 0. The van der Waals surface area contributed by atoms with Crippen molar-refractivity contribution in [3.63, 3.8) is 0 Å². The zero-order chi connectivity index (χ0) is 11.8. The van der Waals surface area contributed by atoms with Crippen LogP contribution >= 0.6 is 0 Å². The highest BCUT2D eigenvalue weighted by molar-refractivity contribution is 4.72. The van der Waals surface area contributed by atoms with Gasteiger partial charge in [-0.15, -0.1) is 0 Å². The molecule has 0 aromatic rings. The third-order valence-electron chi connectivity index (χ3n) is 2.79. The number of nitrogens with zero attached hydrogens (tertiary/aromatic N) is 1. The predicted octanol–water partition coefficient (Wildman–Crippen LogP) is 0.211. The van der Waals surface area contributed by atoms with Crippen molar-refractivity contribution in [3.05, 3.63) is 0 Å². The average Bonchev–Trinajstić information content (AvgIpc) is 2.26. The smallest absolute Gasteiger partial charge is 0.0897 e. The second-order valence-electron chi connectivity index (χ2n) is 4.11. The lowest BCUT2D eigenvalue weighted by Gasteiger charge is -2.31. The first kappa shape index (κ1) is 14.8. The van der Waals surface area contributed by atoms with E-state index in [-0.39, 0.29) is 12.7 Å². The quantitative estimate of drug-likeness (QED) is 0.546. The first-order valence-corrected chi connectivity index (χ1v) is 5.76. The Kier molecular flexibility index (Phi) is 7.96. The Morgan fingerprint density at radius 2 is 1.53 bits per heavy atom. The van der Waals surface area contributed by atoms with E-state index >= 15 is 0 Å². The minimum absolute atomic E-state index is 0.227.